The normalized spacial score (nSPS) is 15.4. The standard InChI is InChI=1S/C23H30N2O3/c1-17(2)21-6-4-5-7-22(21)28-18(3)23(26)24-16-19-8-10-20(11-9-19)25-12-14-27-15-13-25/h4-11,17-18H,12-16H2,1-3H3,(H,24,26)/t18-/m1/s1. The van der Waals surface area contributed by atoms with Crippen molar-refractivity contribution in [3.63, 3.8) is 0 Å². The molecule has 2 aromatic carbocycles. The van der Waals surface area contributed by atoms with Gasteiger partial charge < -0.3 is 19.7 Å². The Kier molecular flexibility index (Phi) is 6.93. The van der Waals surface area contributed by atoms with Gasteiger partial charge in [0.05, 0.1) is 13.2 Å². The first-order chi connectivity index (χ1) is 13.5. The van der Waals surface area contributed by atoms with Crippen LogP contribution in [0.5, 0.6) is 5.75 Å². The van der Waals surface area contributed by atoms with Crippen molar-refractivity contribution in [2.75, 3.05) is 31.2 Å². The fourth-order valence-corrected chi connectivity index (χ4v) is 3.29. The summed E-state index contributed by atoms with van der Waals surface area (Å²) in [4.78, 5) is 14.8. The number of ether oxygens (including phenoxy) is 2. The van der Waals surface area contributed by atoms with Crippen LogP contribution in [-0.2, 0) is 16.1 Å². The average Bonchev–Trinajstić information content (AvgIpc) is 2.73. The van der Waals surface area contributed by atoms with E-state index in [1.54, 1.807) is 6.92 Å². The van der Waals surface area contributed by atoms with Crippen molar-refractivity contribution in [2.45, 2.75) is 39.3 Å². The summed E-state index contributed by atoms with van der Waals surface area (Å²) in [5.74, 6) is 1.00. The molecule has 0 saturated carbocycles. The van der Waals surface area contributed by atoms with Crippen molar-refractivity contribution < 1.29 is 14.3 Å². The Morgan fingerprint density at radius 3 is 2.43 bits per heavy atom. The lowest BCUT2D eigenvalue weighted by Crippen LogP contribution is -2.36. The molecule has 1 fully saturated rings. The highest BCUT2D eigenvalue weighted by molar-refractivity contribution is 5.80. The van der Waals surface area contributed by atoms with E-state index in [2.05, 4.69) is 48.3 Å². The number of carbonyl (C=O) groups excluding carboxylic acids is 1. The zero-order valence-electron chi connectivity index (χ0n) is 17.0. The fraction of sp³-hybridized carbons (Fsp3) is 0.435. The molecule has 3 rings (SSSR count). The van der Waals surface area contributed by atoms with Crippen molar-refractivity contribution in [1.29, 1.82) is 0 Å². The maximum absolute atomic E-state index is 12.5. The molecule has 5 nitrogen and oxygen atoms in total. The SMILES string of the molecule is CC(C)c1ccccc1O[C@H](C)C(=O)NCc1ccc(N2CCOCC2)cc1. The predicted molar refractivity (Wildman–Crippen MR) is 112 cm³/mol. The van der Waals surface area contributed by atoms with Gasteiger partial charge in [-0.05, 0) is 42.2 Å². The molecule has 28 heavy (non-hydrogen) atoms. The van der Waals surface area contributed by atoms with E-state index in [-0.39, 0.29) is 5.91 Å². The summed E-state index contributed by atoms with van der Waals surface area (Å²) >= 11 is 0. The van der Waals surface area contributed by atoms with Crippen LogP contribution in [0.1, 0.15) is 37.8 Å². The summed E-state index contributed by atoms with van der Waals surface area (Å²) in [6, 6.07) is 16.2. The van der Waals surface area contributed by atoms with Gasteiger partial charge in [0.25, 0.3) is 5.91 Å². The van der Waals surface area contributed by atoms with E-state index in [0.717, 1.165) is 43.2 Å². The highest BCUT2D eigenvalue weighted by Crippen LogP contribution is 2.26. The van der Waals surface area contributed by atoms with E-state index in [0.29, 0.717) is 12.5 Å². The van der Waals surface area contributed by atoms with Crippen LogP contribution >= 0.6 is 0 Å². The lowest BCUT2D eigenvalue weighted by molar-refractivity contribution is -0.127. The number of rotatable bonds is 7. The first-order valence-corrected chi connectivity index (χ1v) is 9.99. The number of benzene rings is 2. The maximum Gasteiger partial charge on any atom is 0.261 e. The van der Waals surface area contributed by atoms with Crippen molar-refractivity contribution in [3.8, 4) is 5.75 Å². The summed E-state index contributed by atoms with van der Waals surface area (Å²) in [6.45, 7) is 9.90. The Bertz CT molecular complexity index is 768. The highest BCUT2D eigenvalue weighted by atomic mass is 16.5. The molecule has 0 aromatic heterocycles. The first-order valence-electron chi connectivity index (χ1n) is 9.99. The second kappa shape index (κ2) is 9.60. The molecule has 1 heterocycles. The topological polar surface area (TPSA) is 50.8 Å². The molecule has 0 bridgehead atoms. The molecule has 1 N–H and O–H groups in total. The van der Waals surface area contributed by atoms with Gasteiger partial charge >= 0.3 is 0 Å². The van der Waals surface area contributed by atoms with Gasteiger partial charge in [-0.15, -0.1) is 0 Å². The van der Waals surface area contributed by atoms with Crippen LogP contribution in [0.25, 0.3) is 0 Å². The number of para-hydroxylation sites is 1. The number of nitrogens with zero attached hydrogens (tertiary/aromatic N) is 1. The summed E-state index contributed by atoms with van der Waals surface area (Å²) in [7, 11) is 0. The Labute approximate surface area is 167 Å². The largest absolute Gasteiger partial charge is 0.481 e. The number of anilines is 1. The second-order valence-electron chi connectivity index (χ2n) is 7.44. The monoisotopic (exact) mass is 382 g/mol. The number of nitrogens with one attached hydrogen (secondary N) is 1. The highest BCUT2D eigenvalue weighted by Gasteiger charge is 2.17. The Morgan fingerprint density at radius 1 is 1.07 bits per heavy atom. The molecule has 0 aliphatic carbocycles. The Hall–Kier alpha value is -2.53. The number of carbonyl (C=O) groups is 1. The van der Waals surface area contributed by atoms with Crippen molar-refractivity contribution in [1.82, 2.24) is 5.32 Å². The van der Waals surface area contributed by atoms with Gasteiger partial charge in [-0.2, -0.15) is 0 Å². The molecule has 1 aliphatic heterocycles. The summed E-state index contributed by atoms with van der Waals surface area (Å²) in [6.07, 6.45) is -0.549. The molecule has 2 aromatic rings. The molecule has 5 heteroatoms. The van der Waals surface area contributed by atoms with Crippen LogP contribution in [0.4, 0.5) is 5.69 Å². The van der Waals surface area contributed by atoms with Crippen LogP contribution < -0.4 is 15.0 Å². The average molecular weight is 383 g/mol. The molecule has 0 radical (unpaired) electrons. The van der Waals surface area contributed by atoms with Crippen LogP contribution in [0.3, 0.4) is 0 Å². The molecule has 1 atom stereocenters. The maximum atomic E-state index is 12.5. The lowest BCUT2D eigenvalue weighted by Gasteiger charge is -2.28. The van der Waals surface area contributed by atoms with E-state index in [9.17, 15) is 4.79 Å². The first kappa shape index (κ1) is 20.2. The number of hydrogen-bond acceptors (Lipinski definition) is 4. The Balaban J connectivity index is 1.52. The van der Waals surface area contributed by atoms with Crippen molar-refractivity contribution in [3.05, 3.63) is 59.7 Å². The zero-order chi connectivity index (χ0) is 19.9. The lowest BCUT2D eigenvalue weighted by atomic mass is 10.0. The molecular weight excluding hydrogens is 352 g/mol. The molecule has 1 aliphatic rings. The third kappa shape index (κ3) is 5.26. The van der Waals surface area contributed by atoms with E-state index in [4.69, 9.17) is 9.47 Å². The van der Waals surface area contributed by atoms with Gasteiger partial charge in [0, 0.05) is 25.3 Å². The minimum Gasteiger partial charge on any atom is -0.481 e. The van der Waals surface area contributed by atoms with Gasteiger partial charge in [-0.3, -0.25) is 4.79 Å². The predicted octanol–water partition coefficient (Wildman–Crippen LogP) is 3.73. The molecule has 1 saturated heterocycles. The summed E-state index contributed by atoms with van der Waals surface area (Å²) < 4.78 is 11.3. The number of hydrogen-bond donors (Lipinski definition) is 1. The molecule has 0 unspecified atom stereocenters. The summed E-state index contributed by atoms with van der Waals surface area (Å²) in [5.41, 5.74) is 3.38. The Morgan fingerprint density at radius 2 is 1.75 bits per heavy atom. The van der Waals surface area contributed by atoms with E-state index in [1.165, 1.54) is 5.69 Å². The smallest absolute Gasteiger partial charge is 0.261 e. The fourth-order valence-electron chi connectivity index (χ4n) is 3.29. The number of morpholine rings is 1. The van der Waals surface area contributed by atoms with Gasteiger partial charge in [-0.1, -0.05) is 44.2 Å². The zero-order valence-corrected chi connectivity index (χ0v) is 17.0. The third-order valence-corrected chi connectivity index (χ3v) is 4.99. The second-order valence-corrected chi connectivity index (χ2v) is 7.44. The minimum atomic E-state index is -0.549. The quantitative estimate of drug-likeness (QED) is 0.793. The molecule has 150 valence electrons. The van der Waals surface area contributed by atoms with Gasteiger partial charge in [0.2, 0.25) is 0 Å². The molecule has 1 amide bonds. The van der Waals surface area contributed by atoms with Crippen LogP contribution in [0.15, 0.2) is 48.5 Å². The van der Waals surface area contributed by atoms with Crippen LogP contribution in [0, 0.1) is 0 Å². The van der Waals surface area contributed by atoms with Crippen LogP contribution in [-0.4, -0.2) is 38.3 Å². The molecule has 0 spiro atoms. The van der Waals surface area contributed by atoms with E-state index >= 15 is 0 Å². The molecular formula is C23H30N2O3. The van der Waals surface area contributed by atoms with Crippen molar-refractivity contribution >= 4 is 11.6 Å². The van der Waals surface area contributed by atoms with Gasteiger partial charge in [0.1, 0.15) is 5.75 Å². The minimum absolute atomic E-state index is 0.115. The van der Waals surface area contributed by atoms with E-state index in [1.807, 2.05) is 24.3 Å². The third-order valence-electron chi connectivity index (χ3n) is 4.99. The summed E-state index contributed by atoms with van der Waals surface area (Å²) in [5, 5.41) is 2.97. The van der Waals surface area contributed by atoms with Gasteiger partial charge in [0.15, 0.2) is 6.10 Å². The van der Waals surface area contributed by atoms with Crippen LogP contribution in [0.2, 0.25) is 0 Å². The van der Waals surface area contributed by atoms with E-state index < -0.39 is 6.10 Å². The van der Waals surface area contributed by atoms with Crippen molar-refractivity contribution in [2.24, 2.45) is 0 Å². The number of amides is 1. The van der Waals surface area contributed by atoms with Gasteiger partial charge in [-0.25, -0.2) is 0 Å².